The normalized spacial score (nSPS) is 10.9. The van der Waals surface area contributed by atoms with Gasteiger partial charge >= 0.3 is 0 Å². The van der Waals surface area contributed by atoms with Gasteiger partial charge in [0.05, 0.1) is 0 Å². The maximum Gasteiger partial charge on any atom is 0.162 e. The molecule has 0 saturated carbocycles. The first kappa shape index (κ1) is 12.6. The molecule has 0 radical (unpaired) electrons. The highest BCUT2D eigenvalue weighted by molar-refractivity contribution is 5.65. The molecular formula is C15H19N3. The molecule has 2 N–H and O–H groups in total. The van der Waals surface area contributed by atoms with Crippen LogP contribution < -0.4 is 5.73 Å². The van der Waals surface area contributed by atoms with Crippen molar-refractivity contribution in [3.8, 4) is 11.4 Å². The number of hydrogen-bond acceptors (Lipinski definition) is 3. The molecule has 0 atom stereocenters. The van der Waals surface area contributed by atoms with E-state index in [0.29, 0.717) is 11.7 Å². The molecule has 3 nitrogen and oxygen atoms in total. The zero-order valence-corrected chi connectivity index (χ0v) is 11.4. The first-order chi connectivity index (χ1) is 8.49. The summed E-state index contributed by atoms with van der Waals surface area (Å²) >= 11 is 0. The molecule has 94 valence electrons. The maximum atomic E-state index is 5.88. The minimum absolute atomic E-state index is 0.346. The fraction of sp³-hybridized carbons (Fsp3) is 0.333. The van der Waals surface area contributed by atoms with Crippen molar-refractivity contribution >= 4 is 5.82 Å². The first-order valence-electron chi connectivity index (χ1n) is 6.20. The Morgan fingerprint density at radius 3 is 2.22 bits per heavy atom. The molecule has 0 saturated heterocycles. The molecule has 1 aromatic heterocycles. The summed E-state index contributed by atoms with van der Waals surface area (Å²) in [6.45, 7) is 8.36. The Morgan fingerprint density at radius 1 is 1.06 bits per heavy atom. The van der Waals surface area contributed by atoms with Gasteiger partial charge < -0.3 is 5.73 Å². The Kier molecular flexibility index (Phi) is 3.32. The van der Waals surface area contributed by atoms with Crippen LogP contribution in [0.3, 0.4) is 0 Å². The van der Waals surface area contributed by atoms with Crippen LogP contribution in [0.4, 0.5) is 5.82 Å². The third-order valence-corrected chi connectivity index (χ3v) is 3.06. The monoisotopic (exact) mass is 241 g/mol. The van der Waals surface area contributed by atoms with Crippen molar-refractivity contribution < 1.29 is 0 Å². The third kappa shape index (κ3) is 2.35. The van der Waals surface area contributed by atoms with Crippen LogP contribution in [0.5, 0.6) is 0 Å². The molecule has 0 aliphatic rings. The highest BCUT2D eigenvalue weighted by Gasteiger charge is 2.11. The van der Waals surface area contributed by atoms with Crippen molar-refractivity contribution in [3.63, 3.8) is 0 Å². The van der Waals surface area contributed by atoms with E-state index in [1.54, 1.807) is 0 Å². The molecule has 0 bridgehead atoms. The molecule has 1 heterocycles. The van der Waals surface area contributed by atoms with Crippen molar-refractivity contribution in [3.05, 3.63) is 41.1 Å². The lowest BCUT2D eigenvalue weighted by atomic mass is 10.0. The van der Waals surface area contributed by atoms with Gasteiger partial charge in [-0.1, -0.05) is 32.0 Å². The number of aromatic nitrogens is 2. The van der Waals surface area contributed by atoms with Gasteiger partial charge in [-0.15, -0.1) is 0 Å². The molecule has 0 aliphatic heterocycles. The number of hydrogen-bond donors (Lipinski definition) is 1. The standard InChI is InChI=1S/C15H19N3/c1-9(2)12-8-13(16)18-15(17-12)14-10(3)6-5-7-11(14)4/h5-9H,1-4H3,(H2,16,17,18). The first-order valence-corrected chi connectivity index (χ1v) is 6.20. The zero-order valence-electron chi connectivity index (χ0n) is 11.4. The average molecular weight is 241 g/mol. The minimum Gasteiger partial charge on any atom is -0.384 e. The smallest absolute Gasteiger partial charge is 0.162 e. The summed E-state index contributed by atoms with van der Waals surface area (Å²) in [6, 6.07) is 8.04. The fourth-order valence-corrected chi connectivity index (χ4v) is 2.06. The largest absolute Gasteiger partial charge is 0.384 e. The van der Waals surface area contributed by atoms with Crippen molar-refractivity contribution in [2.24, 2.45) is 0 Å². The highest BCUT2D eigenvalue weighted by Crippen LogP contribution is 2.26. The van der Waals surface area contributed by atoms with E-state index in [2.05, 4.69) is 49.8 Å². The number of nitrogen functional groups attached to an aromatic ring is 1. The molecule has 0 spiro atoms. The van der Waals surface area contributed by atoms with E-state index in [4.69, 9.17) is 5.73 Å². The van der Waals surface area contributed by atoms with Gasteiger partial charge in [0.1, 0.15) is 5.82 Å². The third-order valence-electron chi connectivity index (χ3n) is 3.06. The van der Waals surface area contributed by atoms with Gasteiger partial charge in [0.15, 0.2) is 5.82 Å². The molecule has 0 unspecified atom stereocenters. The number of aryl methyl sites for hydroxylation is 2. The molecule has 2 aromatic rings. The number of nitrogens with two attached hydrogens (primary N) is 1. The van der Waals surface area contributed by atoms with Gasteiger partial charge in [0.2, 0.25) is 0 Å². The van der Waals surface area contributed by atoms with Gasteiger partial charge in [0, 0.05) is 17.3 Å². The Bertz CT molecular complexity index is 554. The van der Waals surface area contributed by atoms with Gasteiger partial charge in [-0.3, -0.25) is 0 Å². The lowest BCUT2D eigenvalue weighted by molar-refractivity contribution is 0.818. The van der Waals surface area contributed by atoms with E-state index in [9.17, 15) is 0 Å². The SMILES string of the molecule is Cc1cccc(C)c1-c1nc(N)cc(C(C)C)n1. The quantitative estimate of drug-likeness (QED) is 0.876. The van der Waals surface area contributed by atoms with Crippen LogP contribution in [0.25, 0.3) is 11.4 Å². The van der Waals surface area contributed by atoms with Crippen LogP contribution in [0.2, 0.25) is 0 Å². The molecule has 0 fully saturated rings. The summed E-state index contributed by atoms with van der Waals surface area (Å²) in [7, 11) is 0. The van der Waals surface area contributed by atoms with Gasteiger partial charge in [-0.25, -0.2) is 9.97 Å². The molecule has 0 amide bonds. The predicted octanol–water partition coefficient (Wildman–Crippen LogP) is 3.47. The topological polar surface area (TPSA) is 51.8 Å². The number of anilines is 1. The van der Waals surface area contributed by atoms with Crippen LogP contribution >= 0.6 is 0 Å². The minimum atomic E-state index is 0.346. The summed E-state index contributed by atoms with van der Waals surface area (Å²) in [4.78, 5) is 9.01. The fourth-order valence-electron chi connectivity index (χ4n) is 2.06. The van der Waals surface area contributed by atoms with Crippen LogP contribution in [0.1, 0.15) is 36.6 Å². The number of rotatable bonds is 2. The van der Waals surface area contributed by atoms with E-state index in [1.807, 2.05) is 12.1 Å². The summed E-state index contributed by atoms with van der Waals surface area (Å²) in [5.74, 6) is 1.61. The lowest BCUT2D eigenvalue weighted by Gasteiger charge is -2.12. The molecule has 18 heavy (non-hydrogen) atoms. The van der Waals surface area contributed by atoms with E-state index in [0.717, 1.165) is 17.1 Å². The molecule has 1 aromatic carbocycles. The van der Waals surface area contributed by atoms with Crippen molar-refractivity contribution in [1.29, 1.82) is 0 Å². The van der Waals surface area contributed by atoms with E-state index >= 15 is 0 Å². The van der Waals surface area contributed by atoms with Crippen LogP contribution in [-0.2, 0) is 0 Å². The molecule has 2 rings (SSSR count). The number of benzene rings is 1. The second-order valence-electron chi connectivity index (χ2n) is 4.96. The van der Waals surface area contributed by atoms with Gasteiger partial charge in [-0.2, -0.15) is 0 Å². The highest BCUT2D eigenvalue weighted by atomic mass is 14.9. The summed E-state index contributed by atoms with van der Waals surface area (Å²) in [6.07, 6.45) is 0. The maximum absolute atomic E-state index is 5.88. The average Bonchev–Trinajstić information content (AvgIpc) is 2.28. The van der Waals surface area contributed by atoms with Crippen LogP contribution in [0, 0.1) is 13.8 Å². The summed E-state index contributed by atoms with van der Waals surface area (Å²) in [5, 5.41) is 0. The van der Waals surface area contributed by atoms with Crippen molar-refractivity contribution in [1.82, 2.24) is 9.97 Å². The molecular weight excluding hydrogens is 222 g/mol. The van der Waals surface area contributed by atoms with Gasteiger partial charge in [-0.05, 0) is 30.9 Å². The van der Waals surface area contributed by atoms with Gasteiger partial charge in [0.25, 0.3) is 0 Å². The Labute approximate surface area is 108 Å². The zero-order chi connectivity index (χ0) is 13.3. The van der Waals surface area contributed by atoms with Crippen LogP contribution in [0.15, 0.2) is 24.3 Å². The predicted molar refractivity (Wildman–Crippen MR) is 75.4 cm³/mol. The van der Waals surface area contributed by atoms with Crippen molar-refractivity contribution in [2.75, 3.05) is 5.73 Å². The lowest BCUT2D eigenvalue weighted by Crippen LogP contribution is -2.03. The van der Waals surface area contributed by atoms with E-state index < -0.39 is 0 Å². The van der Waals surface area contributed by atoms with Crippen LogP contribution in [-0.4, -0.2) is 9.97 Å². The van der Waals surface area contributed by atoms with Crippen molar-refractivity contribution in [2.45, 2.75) is 33.6 Å². The summed E-state index contributed by atoms with van der Waals surface area (Å²) in [5.41, 5.74) is 10.3. The Morgan fingerprint density at radius 2 is 1.67 bits per heavy atom. The van der Waals surface area contributed by atoms with E-state index in [1.165, 1.54) is 11.1 Å². The number of nitrogens with zero attached hydrogens (tertiary/aromatic N) is 2. The Balaban J connectivity index is 2.64. The second-order valence-corrected chi connectivity index (χ2v) is 4.96. The molecule has 3 heteroatoms. The second kappa shape index (κ2) is 4.77. The summed E-state index contributed by atoms with van der Waals surface area (Å²) < 4.78 is 0. The molecule has 0 aliphatic carbocycles. The van der Waals surface area contributed by atoms with E-state index in [-0.39, 0.29) is 0 Å². The Hall–Kier alpha value is -1.90.